The lowest BCUT2D eigenvalue weighted by molar-refractivity contribution is 0.0912. The Morgan fingerprint density at radius 2 is 2.18 bits per heavy atom. The third kappa shape index (κ3) is 3.08. The predicted octanol–water partition coefficient (Wildman–Crippen LogP) is 2.68. The zero-order chi connectivity index (χ0) is 12.3. The van der Waals surface area contributed by atoms with Crippen LogP contribution in [0.5, 0.6) is 0 Å². The summed E-state index contributed by atoms with van der Waals surface area (Å²) >= 11 is 0. The molecule has 0 saturated heterocycles. The summed E-state index contributed by atoms with van der Waals surface area (Å²) in [7, 11) is 0. The molecule has 4 heteroatoms. The number of hydrogen-bond acceptors (Lipinski definition) is 3. The lowest BCUT2D eigenvalue weighted by Gasteiger charge is -2.28. The second-order valence-electron chi connectivity index (χ2n) is 4.92. The van der Waals surface area contributed by atoms with Gasteiger partial charge >= 0.3 is 0 Å². The lowest BCUT2D eigenvalue weighted by atomic mass is 9.84. The van der Waals surface area contributed by atoms with Gasteiger partial charge in [0, 0.05) is 12.1 Å². The van der Waals surface area contributed by atoms with Gasteiger partial charge in [0.2, 0.25) is 0 Å². The van der Waals surface area contributed by atoms with Crippen LogP contribution in [0.25, 0.3) is 0 Å². The molecule has 94 valence electrons. The van der Waals surface area contributed by atoms with Gasteiger partial charge in [0.25, 0.3) is 5.91 Å². The first-order valence-corrected chi connectivity index (χ1v) is 6.43. The van der Waals surface area contributed by atoms with E-state index in [9.17, 15) is 4.79 Å². The molecule has 0 radical (unpaired) electrons. The zero-order valence-electron chi connectivity index (χ0n) is 10.5. The summed E-state index contributed by atoms with van der Waals surface area (Å²) in [6.07, 6.45) is 5.86. The first-order chi connectivity index (χ1) is 8.19. The zero-order valence-corrected chi connectivity index (χ0v) is 10.5. The number of rotatable bonds is 3. The molecule has 0 aromatic carbocycles. The summed E-state index contributed by atoms with van der Waals surface area (Å²) in [5.74, 6) is 1.41. The SMILES string of the molecule is CCC1CCC(NC(=O)c2cc(C)on2)CC1. The maximum Gasteiger partial charge on any atom is 0.273 e. The van der Waals surface area contributed by atoms with Gasteiger partial charge in [-0.15, -0.1) is 0 Å². The van der Waals surface area contributed by atoms with E-state index in [2.05, 4.69) is 17.4 Å². The molecule has 0 spiro atoms. The van der Waals surface area contributed by atoms with E-state index in [1.807, 2.05) is 0 Å². The van der Waals surface area contributed by atoms with E-state index in [0.717, 1.165) is 18.8 Å². The fourth-order valence-corrected chi connectivity index (χ4v) is 2.45. The van der Waals surface area contributed by atoms with Gasteiger partial charge in [-0.3, -0.25) is 4.79 Å². The van der Waals surface area contributed by atoms with Gasteiger partial charge in [-0.1, -0.05) is 18.5 Å². The summed E-state index contributed by atoms with van der Waals surface area (Å²) < 4.78 is 4.90. The maximum atomic E-state index is 11.8. The van der Waals surface area contributed by atoms with E-state index in [1.54, 1.807) is 13.0 Å². The van der Waals surface area contributed by atoms with Crippen molar-refractivity contribution >= 4 is 5.91 Å². The van der Waals surface area contributed by atoms with Crippen molar-refractivity contribution in [1.82, 2.24) is 10.5 Å². The van der Waals surface area contributed by atoms with Crippen LogP contribution in [0.15, 0.2) is 10.6 Å². The van der Waals surface area contributed by atoms with Crippen molar-refractivity contribution in [3.8, 4) is 0 Å². The van der Waals surface area contributed by atoms with E-state index >= 15 is 0 Å². The molecule has 1 amide bonds. The number of aromatic nitrogens is 1. The van der Waals surface area contributed by atoms with Crippen molar-refractivity contribution < 1.29 is 9.32 Å². The van der Waals surface area contributed by atoms with Gasteiger partial charge in [0.05, 0.1) is 0 Å². The van der Waals surface area contributed by atoms with E-state index in [4.69, 9.17) is 4.52 Å². The minimum Gasteiger partial charge on any atom is -0.361 e. The molecule has 1 fully saturated rings. The lowest BCUT2D eigenvalue weighted by Crippen LogP contribution is -2.37. The van der Waals surface area contributed by atoms with Crippen LogP contribution in [-0.2, 0) is 0 Å². The Bertz CT molecular complexity index is 379. The van der Waals surface area contributed by atoms with Crippen molar-refractivity contribution in [1.29, 1.82) is 0 Å². The van der Waals surface area contributed by atoms with Gasteiger partial charge in [-0.2, -0.15) is 0 Å². The largest absolute Gasteiger partial charge is 0.361 e. The van der Waals surface area contributed by atoms with Gasteiger partial charge in [-0.05, 0) is 38.5 Å². The molecule has 0 unspecified atom stereocenters. The Balaban J connectivity index is 1.84. The molecule has 0 atom stereocenters. The van der Waals surface area contributed by atoms with Gasteiger partial charge in [0.1, 0.15) is 5.76 Å². The van der Waals surface area contributed by atoms with Gasteiger partial charge in [-0.25, -0.2) is 0 Å². The molecular weight excluding hydrogens is 216 g/mol. The van der Waals surface area contributed by atoms with Crippen LogP contribution >= 0.6 is 0 Å². The van der Waals surface area contributed by atoms with E-state index in [0.29, 0.717) is 17.5 Å². The van der Waals surface area contributed by atoms with Crippen LogP contribution in [0.3, 0.4) is 0 Å². The Kier molecular flexibility index (Phi) is 3.82. The molecule has 1 aliphatic carbocycles. The van der Waals surface area contributed by atoms with Crippen molar-refractivity contribution in [2.24, 2.45) is 5.92 Å². The Hall–Kier alpha value is -1.32. The van der Waals surface area contributed by atoms with Crippen LogP contribution in [0.4, 0.5) is 0 Å². The molecule has 17 heavy (non-hydrogen) atoms. The fraction of sp³-hybridized carbons (Fsp3) is 0.692. The first kappa shape index (κ1) is 12.1. The van der Waals surface area contributed by atoms with Crippen molar-refractivity contribution in [2.75, 3.05) is 0 Å². The molecular formula is C13H20N2O2. The average Bonchev–Trinajstić information content (AvgIpc) is 2.77. The smallest absolute Gasteiger partial charge is 0.273 e. The number of carbonyl (C=O) groups excluding carboxylic acids is 1. The van der Waals surface area contributed by atoms with Crippen LogP contribution in [0.1, 0.15) is 55.3 Å². The second kappa shape index (κ2) is 5.34. The van der Waals surface area contributed by atoms with Crippen molar-refractivity contribution in [2.45, 2.75) is 52.0 Å². The van der Waals surface area contributed by atoms with Gasteiger partial charge < -0.3 is 9.84 Å². The topological polar surface area (TPSA) is 55.1 Å². The number of hydrogen-bond donors (Lipinski definition) is 1. The molecule has 1 N–H and O–H groups in total. The van der Waals surface area contributed by atoms with Crippen molar-refractivity contribution in [3.63, 3.8) is 0 Å². The highest BCUT2D eigenvalue weighted by Crippen LogP contribution is 2.26. The molecule has 1 aromatic rings. The second-order valence-corrected chi connectivity index (χ2v) is 4.92. The highest BCUT2D eigenvalue weighted by molar-refractivity contribution is 5.92. The third-order valence-electron chi connectivity index (χ3n) is 3.62. The molecule has 2 rings (SSSR count). The van der Waals surface area contributed by atoms with Crippen LogP contribution in [0, 0.1) is 12.8 Å². The van der Waals surface area contributed by atoms with E-state index < -0.39 is 0 Å². The number of carbonyl (C=O) groups is 1. The third-order valence-corrected chi connectivity index (χ3v) is 3.62. The van der Waals surface area contributed by atoms with Crippen molar-refractivity contribution in [3.05, 3.63) is 17.5 Å². The summed E-state index contributed by atoms with van der Waals surface area (Å²) in [5.41, 5.74) is 0.389. The Labute approximate surface area is 102 Å². The quantitative estimate of drug-likeness (QED) is 0.877. The summed E-state index contributed by atoms with van der Waals surface area (Å²) in [6, 6.07) is 1.98. The highest BCUT2D eigenvalue weighted by atomic mass is 16.5. The minimum atomic E-state index is -0.109. The first-order valence-electron chi connectivity index (χ1n) is 6.43. The van der Waals surface area contributed by atoms with Crippen LogP contribution in [-0.4, -0.2) is 17.1 Å². The van der Waals surface area contributed by atoms with Crippen LogP contribution in [0.2, 0.25) is 0 Å². The molecule has 4 nitrogen and oxygen atoms in total. The highest BCUT2D eigenvalue weighted by Gasteiger charge is 2.22. The number of nitrogens with zero attached hydrogens (tertiary/aromatic N) is 1. The normalized spacial score (nSPS) is 24.6. The predicted molar refractivity (Wildman–Crippen MR) is 64.7 cm³/mol. The standard InChI is InChI=1S/C13H20N2O2/c1-3-10-4-6-11(7-5-10)14-13(16)12-8-9(2)17-15-12/h8,10-11H,3-7H2,1-2H3,(H,14,16). The molecule has 1 saturated carbocycles. The Morgan fingerprint density at radius 1 is 1.47 bits per heavy atom. The molecule has 1 aliphatic rings. The minimum absolute atomic E-state index is 0.109. The number of amides is 1. The molecule has 0 bridgehead atoms. The number of nitrogens with one attached hydrogen (secondary N) is 1. The summed E-state index contributed by atoms with van der Waals surface area (Å²) in [4.78, 5) is 11.8. The summed E-state index contributed by atoms with van der Waals surface area (Å²) in [5, 5.41) is 6.76. The van der Waals surface area contributed by atoms with Crippen LogP contribution < -0.4 is 5.32 Å². The molecule has 0 aliphatic heterocycles. The maximum absolute atomic E-state index is 11.8. The molecule has 1 aromatic heterocycles. The van der Waals surface area contributed by atoms with E-state index in [1.165, 1.54) is 19.3 Å². The monoisotopic (exact) mass is 236 g/mol. The summed E-state index contributed by atoms with van der Waals surface area (Å²) in [6.45, 7) is 4.03. The van der Waals surface area contributed by atoms with Gasteiger partial charge in [0.15, 0.2) is 5.69 Å². The molecule has 1 heterocycles. The number of aryl methyl sites for hydroxylation is 1. The average molecular weight is 236 g/mol. The fourth-order valence-electron chi connectivity index (χ4n) is 2.45. The van der Waals surface area contributed by atoms with E-state index in [-0.39, 0.29) is 5.91 Å². The Morgan fingerprint density at radius 3 is 2.71 bits per heavy atom.